The normalized spacial score (nSPS) is 8.81. The van der Waals surface area contributed by atoms with E-state index in [0.717, 1.165) is 11.3 Å². The van der Waals surface area contributed by atoms with E-state index in [1.54, 1.807) is 25.5 Å². The highest BCUT2D eigenvalue weighted by Gasteiger charge is 1.97. The number of hydrogen-bond acceptors (Lipinski definition) is 5. The zero-order valence-electron chi connectivity index (χ0n) is 8.83. The summed E-state index contributed by atoms with van der Waals surface area (Å²) in [4.78, 5) is 13.1. The third-order valence-corrected chi connectivity index (χ3v) is 1.61. The van der Waals surface area contributed by atoms with Crippen LogP contribution in [0.2, 0.25) is 0 Å². The van der Waals surface area contributed by atoms with Crippen LogP contribution in [0, 0.1) is 0 Å². The summed E-state index contributed by atoms with van der Waals surface area (Å²) in [7, 11) is 0. The summed E-state index contributed by atoms with van der Waals surface area (Å²) in [5, 5.41) is 10.1. The van der Waals surface area contributed by atoms with Gasteiger partial charge in [-0.3, -0.25) is 9.78 Å². The summed E-state index contributed by atoms with van der Waals surface area (Å²) >= 11 is 0. The van der Waals surface area contributed by atoms with Gasteiger partial charge in [0.1, 0.15) is 5.69 Å². The second-order valence-corrected chi connectivity index (χ2v) is 2.65. The molecule has 6 nitrogen and oxygen atoms in total. The first-order valence-electron chi connectivity index (χ1n) is 4.70. The van der Waals surface area contributed by atoms with E-state index >= 15 is 0 Å². The Bertz CT molecular complexity index is 388. The molecule has 0 saturated carbocycles. The van der Waals surface area contributed by atoms with Gasteiger partial charge in [-0.25, -0.2) is 0 Å². The molecule has 2 aromatic rings. The molecule has 6 heteroatoms. The Balaban J connectivity index is 0.000000221. The number of nitrogens with one attached hydrogen (secondary N) is 1. The van der Waals surface area contributed by atoms with Crippen molar-refractivity contribution in [1.29, 1.82) is 0 Å². The lowest BCUT2D eigenvalue weighted by atomic mass is 10.2. The summed E-state index contributed by atoms with van der Waals surface area (Å²) in [6.07, 6.45) is 5.14. The minimum absolute atomic E-state index is 0.431. The van der Waals surface area contributed by atoms with Crippen LogP contribution in [0.5, 0.6) is 0 Å². The minimum Gasteiger partial charge on any atom is -0.468 e. The van der Waals surface area contributed by atoms with E-state index in [1.165, 1.54) is 0 Å². The molecule has 84 valence electrons. The van der Waals surface area contributed by atoms with Crippen LogP contribution >= 0.6 is 0 Å². The maximum atomic E-state index is 9.18. The molecule has 0 aliphatic rings. The van der Waals surface area contributed by atoms with Crippen LogP contribution in [0.15, 0.2) is 30.7 Å². The Kier molecular flexibility index (Phi) is 5.25. The van der Waals surface area contributed by atoms with Crippen molar-refractivity contribution in [2.75, 3.05) is 6.61 Å². The number of pyridine rings is 1. The summed E-state index contributed by atoms with van der Waals surface area (Å²) in [5.74, 6) is 0. The van der Waals surface area contributed by atoms with Crippen LogP contribution in [0.1, 0.15) is 6.92 Å². The van der Waals surface area contributed by atoms with Crippen molar-refractivity contribution in [2.45, 2.75) is 6.92 Å². The molecular weight excluding hydrogens is 208 g/mol. The Morgan fingerprint density at radius 1 is 1.50 bits per heavy atom. The van der Waals surface area contributed by atoms with Gasteiger partial charge in [0.2, 0.25) is 0 Å². The molecule has 0 aliphatic carbocycles. The predicted octanol–water partition coefficient (Wildman–Crippen LogP) is 1.05. The average molecular weight is 220 g/mol. The monoisotopic (exact) mass is 220 g/mol. The zero-order valence-corrected chi connectivity index (χ0v) is 8.83. The lowest BCUT2D eigenvalue weighted by molar-refractivity contribution is -0.128. The molecule has 0 radical (unpaired) electrons. The molecule has 0 amide bonds. The number of rotatable bonds is 3. The molecule has 0 atom stereocenters. The third-order valence-electron chi connectivity index (χ3n) is 1.61. The van der Waals surface area contributed by atoms with E-state index in [-0.39, 0.29) is 0 Å². The second kappa shape index (κ2) is 7.10. The molecule has 2 aromatic heterocycles. The maximum absolute atomic E-state index is 9.18. The van der Waals surface area contributed by atoms with Crippen molar-refractivity contribution in [1.82, 2.24) is 20.4 Å². The van der Waals surface area contributed by atoms with Crippen LogP contribution in [-0.2, 0) is 9.53 Å². The van der Waals surface area contributed by atoms with Crippen LogP contribution < -0.4 is 0 Å². The lowest BCUT2D eigenvalue weighted by Crippen LogP contribution is -1.80. The molecule has 1 N–H and O–H groups in total. The Hall–Kier alpha value is -2.24. The van der Waals surface area contributed by atoms with E-state index in [9.17, 15) is 4.79 Å². The standard InChI is InChI=1S/C7H6N4.C3H6O2/c1-2-6(4-8-3-1)7-5-9-11-10-7;1-2-5-3-4/h1-5H,(H,9,10,11);3H,2H2,1H3. The van der Waals surface area contributed by atoms with E-state index in [4.69, 9.17) is 0 Å². The predicted molar refractivity (Wildman–Crippen MR) is 57.3 cm³/mol. The summed E-state index contributed by atoms with van der Waals surface area (Å²) in [5.41, 5.74) is 1.79. The molecule has 0 bridgehead atoms. The van der Waals surface area contributed by atoms with Crippen LogP contribution in [-0.4, -0.2) is 33.5 Å². The molecule has 0 spiro atoms. The Morgan fingerprint density at radius 3 is 2.81 bits per heavy atom. The van der Waals surface area contributed by atoms with E-state index < -0.39 is 0 Å². The van der Waals surface area contributed by atoms with Crippen LogP contribution in [0.4, 0.5) is 0 Å². The van der Waals surface area contributed by atoms with E-state index in [2.05, 4.69) is 25.1 Å². The second-order valence-electron chi connectivity index (χ2n) is 2.65. The van der Waals surface area contributed by atoms with Gasteiger partial charge in [-0.1, -0.05) is 0 Å². The van der Waals surface area contributed by atoms with E-state index in [1.807, 2.05) is 12.1 Å². The fourth-order valence-electron chi connectivity index (χ4n) is 0.923. The molecule has 0 aliphatic heterocycles. The van der Waals surface area contributed by atoms with Gasteiger partial charge < -0.3 is 4.74 Å². The van der Waals surface area contributed by atoms with Crippen LogP contribution in [0.3, 0.4) is 0 Å². The average Bonchev–Trinajstić information content (AvgIpc) is 2.86. The number of H-pyrrole nitrogens is 1. The molecule has 16 heavy (non-hydrogen) atoms. The van der Waals surface area contributed by atoms with Crippen molar-refractivity contribution in [3.63, 3.8) is 0 Å². The highest BCUT2D eigenvalue weighted by molar-refractivity contribution is 5.55. The first kappa shape index (κ1) is 11.8. The number of aromatic amines is 1. The van der Waals surface area contributed by atoms with Crippen molar-refractivity contribution in [3.8, 4) is 11.3 Å². The zero-order chi connectivity index (χ0) is 11.6. The molecule has 0 unspecified atom stereocenters. The quantitative estimate of drug-likeness (QED) is 0.782. The first-order valence-corrected chi connectivity index (χ1v) is 4.70. The van der Waals surface area contributed by atoms with Crippen molar-refractivity contribution < 1.29 is 9.53 Å². The lowest BCUT2D eigenvalue weighted by Gasteiger charge is -1.90. The molecule has 0 aromatic carbocycles. The highest BCUT2D eigenvalue weighted by Crippen LogP contribution is 2.11. The fraction of sp³-hybridized carbons (Fsp3) is 0.200. The van der Waals surface area contributed by atoms with Crippen LogP contribution in [0.25, 0.3) is 11.3 Å². The molecule has 0 fully saturated rings. The first-order chi connectivity index (χ1) is 7.88. The Morgan fingerprint density at radius 2 is 2.38 bits per heavy atom. The van der Waals surface area contributed by atoms with Crippen molar-refractivity contribution in [2.24, 2.45) is 0 Å². The van der Waals surface area contributed by atoms with Gasteiger partial charge in [-0.15, -0.1) is 0 Å². The van der Waals surface area contributed by atoms with Crippen molar-refractivity contribution >= 4 is 6.47 Å². The number of hydrogen-bond donors (Lipinski definition) is 1. The molecular formula is C10H12N4O2. The molecule has 2 heterocycles. The number of carbonyl (C=O) groups excluding carboxylic acids is 1. The Labute approximate surface area is 92.7 Å². The SMILES string of the molecule is CCOC=O.c1cncc(-c2cn[nH]n2)c1. The smallest absolute Gasteiger partial charge is 0.293 e. The summed E-state index contributed by atoms with van der Waals surface area (Å²) in [6, 6.07) is 3.80. The number of ether oxygens (including phenoxy) is 1. The van der Waals surface area contributed by atoms with Gasteiger partial charge in [0.15, 0.2) is 0 Å². The van der Waals surface area contributed by atoms with Crippen molar-refractivity contribution in [3.05, 3.63) is 30.7 Å². The topological polar surface area (TPSA) is 80.8 Å². The minimum atomic E-state index is 0.431. The van der Waals surface area contributed by atoms with Gasteiger partial charge in [0.05, 0.1) is 12.8 Å². The highest BCUT2D eigenvalue weighted by atomic mass is 16.5. The van der Waals surface area contributed by atoms with Gasteiger partial charge in [0.25, 0.3) is 6.47 Å². The largest absolute Gasteiger partial charge is 0.468 e. The van der Waals surface area contributed by atoms with Gasteiger partial charge in [-0.05, 0) is 19.1 Å². The van der Waals surface area contributed by atoms with Gasteiger partial charge >= 0.3 is 0 Å². The summed E-state index contributed by atoms with van der Waals surface area (Å²) in [6.45, 7) is 2.66. The molecule has 2 rings (SSSR count). The summed E-state index contributed by atoms with van der Waals surface area (Å²) < 4.78 is 4.15. The number of nitrogens with zero attached hydrogens (tertiary/aromatic N) is 3. The molecule has 0 saturated heterocycles. The van der Waals surface area contributed by atoms with Gasteiger partial charge in [-0.2, -0.15) is 15.4 Å². The number of aromatic nitrogens is 4. The third kappa shape index (κ3) is 3.87. The maximum Gasteiger partial charge on any atom is 0.293 e. The fourth-order valence-corrected chi connectivity index (χ4v) is 0.923. The van der Waals surface area contributed by atoms with E-state index in [0.29, 0.717) is 13.1 Å². The van der Waals surface area contributed by atoms with Gasteiger partial charge in [0, 0.05) is 18.0 Å². The number of carbonyl (C=O) groups is 1.